The summed E-state index contributed by atoms with van der Waals surface area (Å²) in [6.07, 6.45) is 1.31. The maximum Gasteiger partial charge on any atom is 0.106 e. The lowest BCUT2D eigenvalue weighted by atomic mass is 10.9. The Labute approximate surface area is 36.3 Å². The van der Waals surface area contributed by atoms with E-state index in [-0.39, 0.29) is 0 Å². The maximum atomic E-state index is 8.00. The molecule has 0 aromatic heterocycles. The van der Waals surface area contributed by atoms with Crippen LogP contribution in [0.15, 0.2) is 5.16 Å². The Morgan fingerprint density at radius 1 is 1.83 bits per heavy atom. The van der Waals surface area contributed by atoms with E-state index < -0.39 is 0 Å². The van der Waals surface area contributed by atoms with Crippen molar-refractivity contribution in [2.45, 2.75) is 6.92 Å². The number of oxime groups is 1. The molecule has 0 heterocycles. The minimum atomic E-state index is 1.31. The van der Waals surface area contributed by atoms with Crippen molar-refractivity contribution < 1.29 is 10.0 Å². The van der Waals surface area contributed by atoms with Gasteiger partial charge in [-0.2, -0.15) is 0 Å². The van der Waals surface area contributed by atoms with Gasteiger partial charge in [0.2, 0.25) is 0 Å². The van der Waals surface area contributed by atoms with Crippen molar-refractivity contribution >= 4 is 13.0 Å². The van der Waals surface area contributed by atoms with Crippen LogP contribution in [0.3, 0.4) is 0 Å². The van der Waals surface area contributed by atoms with Crippen LogP contribution in [0.1, 0.15) is 6.92 Å². The third kappa shape index (κ3) is 734. The Bertz CT molecular complexity index is 31.8. The van der Waals surface area contributed by atoms with Gasteiger partial charge in [-0.3, -0.25) is 0 Å². The van der Waals surface area contributed by atoms with Gasteiger partial charge in [0.15, 0.2) is 0 Å². The molecule has 0 saturated carbocycles. The van der Waals surface area contributed by atoms with Gasteiger partial charge in [-0.1, -0.05) is 0 Å². The molecule has 0 aromatic carbocycles. The molecule has 0 aliphatic rings. The lowest BCUT2D eigenvalue weighted by Gasteiger charge is -1.54. The van der Waals surface area contributed by atoms with Crippen molar-refractivity contribution in [3.63, 3.8) is 0 Å². The Hall–Kier alpha value is -0.860. The topological polar surface area (TPSA) is 49.7 Å². The summed E-state index contributed by atoms with van der Waals surface area (Å²) in [5, 5.41) is 10.1. The first-order valence-electron chi connectivity index (χ1n) is 1.32. The maximum absolute atomic E-state index is 8.00. The second-order valence-corrected chi connectivity index (χ2v) is 0.374. The summed E-state index contributed by atoms with van der Waals surface area (Å²) >= 11 is 0. The van der Waals surface area contributed by atoms with E-state index in [1.807, 2.05) is 6.79 Å². The fraction of sp³-hybridized carbons (Fsp3) is 0.333. The molecule has 0 radical (unpaired) electrons. The molecule has 0 rings (SSSR count). The van der Waals surface area contributed by atoms with Gasteiger partial charge in [0.25, 0.3) is 0 Å². The van der Waals surface area contributed by atoms with Gasteiger partial charge < -0.3 is 10.0 Å². The molecule has 0 aliphatic heterocycles. The van der Waals surface area contributed by atoms with Gasteiger partial charge in [0.05, 0.1) is 0 Å². The molecule has 0 atom stereocenters. The van der Waals surface area contributed by atoms with Crippen LogP contribution in [-0.2, 0) is 4.79 Å². The lowest BCUT2D eigenvalue weighted by Crippen LogP contribution is -1.49. The fourth-order valence-electron chi connectivity index (χ4n) is 0. The molecule has 0 fully saturated rings. The highest BCUT2D eigenvalue weighted by Gasteiger charge is 1.34. The quantitative estimate of drug-likeness (QED) is 0.263. The number of nitrogens with zero attached hydrogens (tertiary/aromatic N) is 1. The minimum absolute atomic E-state index is 1.31. The summed E-state index contributed by atoms with van der Waals surface area (Å²) in [5.41, 5.74) is 0. The molecule has 0 unspecified atom stereocenters. The summed E-state index contributed by atoms with van der Waals surface area (Å²) in [6.45, 7) is 3.64. The molecule has 3 heteroatoms. The van der Waals surface area contributed by atoms with Crippen LogP contribution >= 0.6 is 0 Å². The van der Waals surface area contributed by atoms with E-state index in [1.54, 1.807) is 6.92 Å². The summed E-state index contributed by atoms with van der Waals surface area (Å²) in [4.78, 5) is 8.00. The molecule has 0 amide bonds. The molecule has 36 valence electrons. The Morgan fingerprint density at radius 2 is 2.00 bits per heavy atom. The Balaban J connectivity index is 0. The number of hydrogen-bond acceptors (Lipinski definition) is 3. The molecule has 0 saturated heterocycles. The zero-order valence-corrected chi connectivity index (χ0v) is 3.59. The van der Waals surface area contributed by atoms with E-state index in [4.69, 9.17) is 10.0 Å². The Kier molecular flexibility index (Phi) is 46.8. The highest BCUT2D eigenvalue weighted by molar-refractivity contribution is 5.51. The van der Waals surface area contributed by atoms with E-state index in [0.29, 0.717) is 0 Å². The van der Waals surface area contributed by atoms with Gasteiger partial charge >= 0.3 is 0 Å². The third-order valence-corrected chi connectivity index (χ3v) is 0.115. The zero-order valence-electron chi connectivity index (χ0n) is 3.59. The van der Waals surface area contributed by atoms with E-state index >= 15 is 0 Å². The monoisotopic (exact) mass is 89.0 g/mol. The molecule has 1 N–H and O–H groups in total. The van der Waals surface area contributed by atoms with E-state index in [9.17, 15) is 0 Å². The molecule has 0 aromatic rings. The number of carbonyl (C=O) groups is 1. The smallest absolute Gasteiger partial charge is 0.106 e. The zero-order chi connectivity index (χ0) is 5.41. The molecular formula is C3H7NO2. The van der Waals surface area contributed by atoms with Crippen molar-refractivity contribution in [2.75, 3.05) is 0 Å². The predicted octanol–water partition coefficient (Wildman–Crippen LogP) is 0.281. The standard InChI is InChI=1S/C2H5NO.CH2O/c1-2-3-4;1-2/h2,4H,1H3;1H2. The van der Waals surface area contributed by atoms with Crippen LogP contribution in [0, 0.1) is 0 Å². The van der Waals surface area contributed by atoms with Gasteiger partial charge in [-0.15, -0.1) is 5.16 Å². The highest BCUT2D eigenvalue weighted by Crippen LogP contribution is 1.38. The molecular weight excluding hydrogens is 82.0 g/mol. The summed E-state index contributed by atoms with van der Waals surface area (Å²) in [7, 11) is 0. The minimum Gasteiger partial charge on any atom is -0.411 e. The van der Waals surface area contributed by atoms with Crippen LogP contribution in [0.2, 0.25) is 0 Å². The van der Waals surface area contributed by atoms with Crippen molar-refractivity contribution in [3.05, 3.63) is 0 Å². The summed E-state index contributed by atoms with van der Waals surface area (Å²) < 4.78 is 0. The normalized spacial score (nSPS) is 6.83. The van der Waals surface area contributed by atoms with Gasteiger partial charge in [-0.05, 0) is 6.92 Å². The van der Waals surface area contributed by atoms with Gasteiger partial charge in [0, 0.05) is 6.21 Å². The van der Waals surface area contributed by atoms with Crippen LogP contribution in [0.25, 0.3) is 0 Å². The molecule has 0 spiro atoms. The van der Waals surface area contributed by atoms with Crippen LogP contribution in [-0.4, -0.2) is 18.2 Å². The van der Waals surface area contributed by atoms with E-state index in [1.165, 1.54) is 6.21 Å². The predicted molar refractivity (Wildman–Crippen MR) is 23.1 cm³/mol. The van der Waals surface area contributed by atoms with Gasteiger partial charge in [-0.25, -0.2) is 0 Å². The Morgan fingerprint density at radius 3 is 2.00 bits per heavy atom. The lowest BCUT2D eigenvalue weighted by molar-refractivity contribution is -0.0979. The van der Waals surface area contributed by atoms with E-state index in [2.05, 4.69) is 5.16 Å². The average molecular weight is 89.1 g/mol. The highest BCUT2D eigenvalue weighted by atomic mass is 16.4. The largest absolute Gasteiger partial charge is 0.411 e. The first-order valence-corrected chi connectivity index (χ1v) is 1.32. The van der Waals surface area contributed by atoms with Crippen LogP contribution < -0.4 is 0 Å². The van der Waals surface area contributed by atoms with Crippen molar-refractivity contribution in [2.24, 2.45) is 5.16 Å². The van der Waals surface area contributed by atoms with Crippen molar-refractivity contribution in [3.8, 4) is 0 Å². The molecule has 0 aliphatic carbocycles. The van der Waals surface area contributed by atoms with Crippen molar-refractivity contribution in [1.82, 2.24) is 0 Å². The van der Waals surface area contributed by atoms with Crippen LogP contribution in [0.4, 0.5) is 0 Å². The van der Waals surface area contributed by atoms with Gasteiger partial charge in [0.1, 0.15) is 6.79 Å². The summed E-state index contributed by atoms with van der Waals surface area (Å²) in [5.74, 6) is 0. The van der Waals surface area contributed by atoms with Crippen LogP contribution in [0.5, 0.6) is 0 Å². The van der Waals surface area contributed by atoms with E-state index in [0.717, 1.165) is 0 Å². The number of hydrogen-bond donors (Lipinski definition) is 1. The summed E-state index contributed by atoms with van der Waals surface area (Å²) in [6, 6.07) is 0. The number of rotatable bonds is 0. The fourth-order valence-corrected chi connectivity index (χ4v) is 0. The van der Waals surface area contributed by atoms with Crippen molar-refractivity contribution in [1.29, 1.82) is 0 Å². The second kappa shape index (κ2) is 31.4. The first kappa shape index (κ1) is 8.94. The molecule has 6 heavy (non-hydrogen) atoms. The second-order valence-electron chi connectivity index (χ2n) is 0.374. The molecule has 3 nitrogen and oxygen atoms in total. The number of carbonyl (C=O) groups excluding carboxylic acids is 1. The average Bonchev–Trinajstić information content (AvgIpc) is 1.72. The first-order chi connectivity index (χ1) is 2.91. The molecule has 0 bridgehead atoms. The SMILES string of the molecule is C=O.CC=NO. The third-order valence-electron chi connectivity index (χ3n) is 0.115.